The van der Waals surface area contributed by atoms with Gasteiger partial charge in [-0.25, -0.2) is 0 Å². The van der Waals surface area contributed by atoms with Crippen LogP contribution in [0.4, 0.5) is 0 Å². The summed E-state index contributed by atoms with van der Waals surface area (Å²) in [5.41, 5.74) is -0.250. The van der Waals surface area contributed by atoms with Crippen molar-refractivity contribution in [2.45, 2.75) is 37.8 Å². The summed E-state index contributed by atoms with van der Waals surface area (Å²) in [6, 6.07) is 0.0647. The van der Waals surface area contributed by atoms with Gasteiger partial charge in [0.05, 0.1) is 11.6 Å². The van der Waals surface area contributed by atoms with Crippen LogP contribution in [0.15, 0.2) is 0 Å². The molecule has 2 fully saturated rings. The Balaban J connectivity index is 2.24. The lowest BCUT2D eigenvalue weighted by Gasteiger charge is -2.45. The zero-order chi connectivity index (χ0) is 11.9. The van der Waals surface area contributed by atoms with Gasteiger partial charge in [0.1, 0.15) is 6.61 Å². The van der Waals surface area contributed by atoms with Crippen molar-refractivity contribution < 1.29 is 14.7 Å². The molecule has 0 aromatic carbocycles. The number of likely N-dealkylation sites (tertiary alicyclic amines) is 2. The number of carbonyl (C=O) groups excluding carboxylic acids is 2. The number of carbonyl (C=O) groups is 2. The average molecular weight is 226 g/mol. The van der Waals surface area contributed by atoms with Gasteiger partial charge in [-0.2, -0.15) is 0 Å². The highest BCUT2D eigenvalue weighted by atomic mass is 16.3. The smallest absolute Gasteiger partial charge is 0.248 e. The van der Waals surface area contributed by atoms with Crippen molar-refractivity contribution in [3.05, 3.63) is 0 Å². The largest absolute Gasteiger partial charge is 0.387 e. The zero-order valence-corrected chi connectivity index (χ0v) is 9.77. The summed E-state index contributed by atoms with van der Waals surface area (Å²) in [5, 5.41) is 8.92. The Bertz CT molecular complexity index is 331. The van der Waals surface area contributed by atoms with Crippen molar-refractivity contribution in [3.8, 4) is 0 Å². The van der Waals surface area contributed by atoms with Crippen LogP contribution in [-0.4, -0.2) is 58.5 Å². The fourth-order valence-electron chi connectivity index (χ4n) is 2.97. The van der Waals surface area contributed by atoms with Crippen molar-refractivity contribution in [2.24, 2.45) is 0 Å². The van der Waals surface area contributed by atoms with E-state index in [1.165, 1.54) is 0 Å². The maximum atomic E-state index is 11.7. The number of hydrogen-bond donors (Lipinski definition) is 1. The van der Waals surface area contributed by atoms with Gasteiger partial charge < -0.3 is 14.9 Å². The molecule has 0 spiro atoms. The van der Waals surface area contributed by atoms with Crippen LogP contribution in [0.1, 0.15) is 26.2 Å². The third-order valence-corrected chi connectivity index (χ3v) is 4.18. The second kappa shape index (κ2) is 3.73. The summed E-state index contributed by atoms with van der Waals surface area (Å²) in [5.74, 6) is -0.0754. The number of aliphatic hydroxyl groups is 1. The Labute approximate surface area is 95.0 Å². The van der Waals surface area contributed by atoms with E-state index in [2.05, 4.69) is 0 Å². The van der Waals surface area contributed by atoms with Gasteiger partial charge in [-0.3, -0.25) is 9.59 Å². The first-order valence-corrected chi connectivity index (χ1v) is 5.67. The molecule has 5 nitrogen and oxygen atoms in total. The molecule has 2 amide bonds. The number of amides is 2. The first-order valence-electron chi connectivity index (χ1n) is 5.67. The number of aliphatic hydroxyl groups excluding tert-OH is 1. The molecule has 0 unspecified atom stereocenters. The predicted molar refractivity (Wildman–Crippen MR) is 57.6 cm³/mol. The van der Waals surface area contributed by atoms with Crippen LogP contribution >= 0.6 is 0 Å². The Kier molecular flexibility index (Phi) is 2.66. The molecule has 0 aliphatic carbocycles. The van der Waals surface area contributed by atoms with Gasteiger partial charge in [-0.1, -0.05) is 0 Å². The molecule has 2 aliphatic heterocycles. The lowest BCUT2D eigenvalue weighted by atomic mass is 9.84. The molecule has 2 rings (SSSR count). The molecule has 2 aliphatic rings. The highest BCUT2D eigenvalue weighted by Gasteiger charge is 2.51. The van der Waals surface area contributed by atoms with Gasteiger partial charge in [-0.15, -0.1) is 0 Å². The van der Waals surface area contributed by atoms with Gasteiger partial charge in [0.2, 0.25) is 11.8 Å². The van der Waals surface area contributed by atoms with Gasteiger partial charge in [-0.05, 0) is 19.8 Å². The molecule has 2 atom stereocenters. The van der Waals surface area contributed by atoms with E-state index in [0.29, 0.717) is 19.4 Å². The first kappa shape index (κ1) is 11.4. The summed E-state index contributed by atoms with van der Waals surface area (Å²) in [4.78, 5) is 26.7. The predicted octanol–water partition coefficient (Wildman–Crippen LogP) is -0.409. The lowest BCUT2D eigenvalue weighted by Crippen LogP contribution is -2.59. The number of nitrogens with zero attached hydrogens (tertiary/aromatic N) is 2. The summed E-state index contributed by atoms with van der Waals surface area (Å²) in [6.07, 6.45) is 2.00. The van der Waals surface area contributed by atoms with Crippen LogP contribution in [0.5, 0.6) is 0 Å². The van der Waals surface area contributed by atoms with Crippen LogP contribution in [0.25, 0.3) is 0 Å². The summed E-state index contributed by atoms with van der Waals surface area (Å²) in [6.45, 7) is 2.22. The third-order valence-electron chi connectivity index (χ3n) is 4.18. The maximum absolute atomic E-state index is 11.7. The van der Waals surface area contributed by atoms with E-state index in [9.17, 15) is 9.59 Å². The van der Waals surface area contributed by atoms with E-state index in [4.69, 9.17) is 5.11 Å². The minimum atomic E-state index is -0.440. The standard InChI is InChI=1S/C11H18N2O3/c1-11-5-6-13(10(16)7-14)8(11)3-4-9(15)12(11)2/h8,14H,3-7H2,1-2H3/t8-,11-/m0/s1. The SMILES string of the molecule is CN1C(=O)CC[C@@H]2N(C(=O)CO)CC[C@@]21C. The molecule has 5 heteroatoms. The molecular weight excluding hydrogens is 208 g/mol. The van der Waals surface area contributed by atoms with Crippen molar-refractivity contribution in [1.29, 1.82) is 0 Å². The van der Waals surface area contributed by atoms with E-state index in [1.54, 1.807) is 16.8 Å². The third kappa shape index (κ3) is 1.42. The van der Waals surface area contributed by atoms with Gasteiger partial charge in [0, 0.05) is 20.0 Å². The molecule has 90 valence electrons. The summed E-state index contributed by atoms with van der Waals surface area (Å²) < 4.78 is 0. The van der Waals surface area contributed by atoms with Crippen molar-refractivity contribution in [2.75, 3.05) is 20.2 Å². The second-order valence-electron chi connectivity index (χ2n) is 4.86. The minimum absolute atomic E-state index is 0.0647. The van der Waals surface area contributed by atoms with Gasteiger partial charge in [0.25, 0.3) is 0 Å². The second-order valence-corrected chi connectivity index (χ2v) is 4.86. The number of piperidine rings is 1. The van der Waals surface area contributed by atoms with E-state index >= 15 is 0 Å². The van der Waals surface area contributed by atoms with E-state index in [0.717, 1.165) is 6.42 Å². The summed E-state index contributed by atoms with van der Waals surface area (Å²) in [7, 11) is 1.81. The van der Waals surface area contributed by atoms with Crippen LogP contribution < -0.4 is 0 Å². The molecule has 0 radical (unpaired) electrons. The highest BCUT2D eigenvalue weighted by molar-refractivity contribution is 5.81. The molecular formula is C11H18N2O3. The number of rotatable bonds is 1. The van der Waals surface area contributed by atoms with Crippen molar-refractivity contribution >= 4 is 11.8 Å². The Morgan fingerprint density at radius 1 is 1.62 bits per heavy atom. The van der Waals surface area contributed by atoms with Crippen LogP contribution in [0.3, 0.4) is 0 Å². The molecule has 16 heavy (non-hydrogen) atoms. The van der Waals surface area contributed by atoms with E-state index < -0.39 is 6.61 Å². The monoisotopic (exact) mass is 226 g/mol. The number of likely N-dealkylation sites (N-methyl/N-ethyl adjacent to an activating group) is 1. The first-order chi connectivity index (χ1) is 7.50. The van der Waals surface area contributed by atoms with E-state index in [-0.39, 0.29) is 23.4 Å². The topological polar surface area (TPSA) is 60.9 Å². The molecule has 0 aromatic heterocycles. The molecule has 1 N–H and O–H groups in total. The number of fused-ring (bicyclic) bond motifs is 1. The average Bonchev–Trinajstić information content (AvgIpc) is 2.62. The fraction of sp³-hybridized carbons (Fsp3) is 0.818. The summed E-state index contributed by atoms with van der Waals surface area (Å²) >= 11 is 0. The maximum Gasteiger partial charge on any atom is 0.248 e. The Morgan fingerprint density at radius 3 is 2.94 bits per heavy atom. The molecule has 0 saturated carbocycles. The fourth-order valence-corrected chi connectivity index (χ4v) is 2.97. The van der Waals surface area contributed by atoms with E-state index in [1.807, 2.05) is 6.92 Å². The molecule has 2 heterocycles. The molecule has 2 saturated heterocycles. The number of hydrogen-bond acceptors (Lipinski definition) is 3. The van der Waals surface area contributed by atoms with Crippen molar-refractivity contribution in [1.82, 2.24) is 9.80 Å². The minimum Gasteiger partial charge on any atom is -0.387 e. The van der Waals surface area contributed by atoms with Gasteiger partial charge in [0.15, 0.2) is 0 Å². The van der Waals surface area contributed by atoms with Crippen LogP contribution in [0, 0.1) is 0 Å². The highest BCUT2D eigenvalue weighted by Crippen LogP contribution is 2.39. The Hall–Kier alpha value is -1.10. The quantitative estimate of drug-likeness (QED) is 0.661. The van der Waals surface area contributed by atoms with Crippen molar-refractivity contribution in [3.63, 3.8) is 0 Å². The Morgan fingerprint density at radius 2 is 2.31 bits per heavy atom. The molecule has 0 aromatic rings. The van der Waals surface area contributed by atoms with Crippen LogP contribution in [-0.2, 0) is 9.59 Å². The van der Waals surface area contributed by atoms with Gasteiger partial charge >= 0.3 is 0 Å². The molecule has 0 bridgehead atoms. The zero-order valence-electron chi connectivity index (χ0n) is 9.77. The normalized spacial score (nSPS) is 34.2. The lowest BCUT2D eigenvalue weighted by molar-refractivity contribution is -0.146. The van der Waals surface area contributed by atoms with Crippen LogP contribution in [0.2, 0.25) is 0 Å².